The Kier molecular flexibility index (Phi) is 4.52. The van der Waals surface area contributed by atoms with Crippen LogP contribution in [0.4, 0.5) is 0 Å². The molecule has 0 spiro atoms. The van der Waals surface area contributed by atoms with Crippen molar-refractivity contribution in [1.82, 2.24) is 5.32 Å². The molecule has 2 atom stereocenters. The van der Waals surface area contributed by atoms with E-state index in [1.54, 1.807) is 11.3 Å². The smallest absolute Gasteiger partial charge is 0.155 e. The third kappa shape index (κ3) is 2.81. The van der Waals surface area contributed by atoms with Gasteiger partial charge in [-0.1, -0.05) is 6.42 Å². The van der Waals surface area contributed by atoms with Gasteiger partial charge in [0.15, 0.2) is 9.84 Å². The lowest BCUT2D eigenvalue weighted by Gasteiger charge is -2.29. The number of nitrogens with one attached hydrogen (secondary N) is 1. The minimum absolute atomic E-state index is 0.0784. The molecule has 0 aromatic carbocycles. The summed E-state index contributed by atoms with van der Waals surface area (Å²) in [5.41, 5.74) is 0. The molecule has 1 N–H and O–H groups in total. The fourth-order valence-electron chi connectivity index (χ4n) is 2.50. The van der Waals surface area contributed by atoms with Gasteiger partial charge in [0.1, 0.15) is 0 Å². The second-order valence-electron chi connectivity index (χ2n) is 4.72. The standard InChI is InChI=1S/C12H18BrNO2S2/c1-8-9(13)7-10(17-8)12(14-2)11-5-3-4-6-18(11,15)16/h7,11-12,14H,3-6H2,1-2H3. The van der Waals surface area contributed by atoms with E-state index in [1.807, 2.05) is 20.0 Å². The van der Waals surface area contributed by atoms with Gasteiger partial charge in [0.2, 0.25) is 0 Å². The summed E-state index contributed by atoms with van der Waals surface area (Å²) in [5.74, 6) is 0.335. The van der Waals surface area contributed by atoms with Gasteiger partial charge in [-0.25, -0.2) is 8.42 Å². The Morgan fingerprint density at radius 2 is 2.22 bits per heavy atom. The Bertz CT molecular complexity index is 505. The molecule has 0 aliphatic carbocycles. The second-order valence-corrected chi connectivity index (χ2v) is 9.20. The highest BCUT2D eigenvalue weighted by atomic mass is 79.9. The molecule has 102 valence electrons. The van der Waals surface area contributed by atoms with Crippen LogP contribution in [0.1, 0.15) is 35.1 Å². The van der Waals surface area contributed by atoms with Crippen molar-refractivity contribution in [3.8, 4) is 0 Å². The van der Waals surface area contributed by atoms with Crippen LogP contribution in [0.2, 0.25) is 0 Å². The zero-order valence-electron chi connectivity index (χ0n) is 10.6. The number of sulfone groups is 1. The van der Waals surface area contributed by atoms with E-state index in [2.05, 4.69) is 21.2 Å². The molecule has 18 heavy (non-hydrogen) atoms. The largest absolute Gasteiger partial charge is 0.311 e. The molecule has 1 aromatic rings. The highest BCUT2D eigenvalue weighted by molar-refractivity contribution is 9.10. The van der Waals surface area contributed by atoms with Crippen molar-refractivity contribution in [3.05, 3.63) is 20.3 Å². The lowest BCUT2D eigenvalue weighted by atomic mass is 10.1. The molecule has 0 saturated carbocycles. The Labute approximate surface area is 121 Å². The predicted octanol–water partition coefficient (Wildman–Crippen LogP) is 3.05. The van der Waals surface area contributed by atoms with E-state index in [9.17, 15) is 8.42 Å². The average Bonchev–Trinajstić information content (AvgIpc) is 2.62. The third-order valence-electron chi connectivity index (χ3n) is 3.49. The maximum absolute atomic E-state index is 12.2. The van der Waals surface area contributed by atoms with Crippen LogP contribution in [0.3, 0.4) is 0 Å². The third-order valence-corrected chi connectivity index (χ3v) is 8.00. The van der Waals surface area contributed by atoms with Gasteiger partial charge in [0, 0.05) is 14.2 Å². The summed E-state index contributed by atoms with van der Waals surface area (Å²) in [5, 5.41) is 2.92. The SMILES string of the molecule is CNC(c1cc(Br)c(C)s1)C1CCCCS1(=O)=O. The van der Waals surface area contributed by atoms with Gasteiger partial charge in [-0.15, -0.1) is 11.3 Å². The highest BCUT2D eigenvalue weighted by Crippen LogP contribution is 2.36. The van der Waals surface area contributed by atoms with Crippen LogP contribution in [0.25, 0.3) is 0 Å². The predicted molar refractivity (Wildman–Crippen MR) is 80.0 cm³/mol. The van der Waals surface area contributed by atoms with E-state index in [0.717, 1.165) is 28.6 Å². The van der Waals surface area contributed by atoms with Crippen LogP contribution in [0.15, 0.2) is 10.5 Å². The summed E-state index contributed by atoms with van der Waals surface area (Å²) in [7, 11) is -1.11. The molecule has 0 radical (unpaired) electrons. The van der Waals surface area contributed by atoms with Gasteiger partial charge in [-0.2, -0.15) is 0 Å². The molecule has 2 unspecified atom stereocenters. The van der Waals surface area contributed by atoms with Crippen LogP contribution in [-0.2, 0) is 9.84 Å². The molecular weight excluding hydrogens is 334 g/mol. The monoisotopic (exact) mass is 351 g/mol. The van der Waals surface area contributed by atoms with Crippen molar-refractivity contribution in [2.75, 3.05) is 12.8 Å². The zero-order chi connectivity index (χ0) is 13.3. The number of thiophene rings is 1. The van der Waals surface area contributed by atoms with Crippen molar-refractivity contribution in [2.24, 2.45) is 0 Å². The second kappa shape index (κ2) is 5.61. The first-order valence-electron chi connectivity index (χ1n) is 6.10. The van der Waals surface area contributed by atoms with Crippen LogP contribution in [-0.4, -0.2) is 26.5 Å². The summed E-state index contributed by atoms with van der Waals surface area (Å²) in [6, 6.07) is 1.97. The fourth-order valence-corrected chi connectivity index (χ4v) is 6.46. The van der Waals surface area contributed by atoms with Crippen molar-refractivity contribution < 1.29 is 8.42 Å². The molecule has 1 aromatic heterocycles. The van der Waals surface area contributed by atoms with E-state index in [1.165, 1.54) is 4.88 Å². The first kappa shape index (κ1) is 14.5. The van der Waals surface area contributed by atoms with Gasteiger partial charge in [0.05, 0.1) is 17.0 Å². The maximum Gasteiger partial charge on any atom is 0.155 e. The zero-order valence-corrected chi connectivity index (χ0v) is 13.8. The first-order valence-corrected chi connectivity index (χ1v) is 9.43. The summed E-state index contributed by atoms with van der Waals surface area (Å²) < 4.78 is 25.5. The molecule has 2 heterocycles. The van der Waals surface area contributed by atoms with Gasteiger partial charge in [0.25, 0.3) is 0 Å². The molecule has 3 nitrogen and oxygen atoms in total. The number of halogens is 1. The van der Waals surface area contributed by atoms with Crippen molar-refractivity contribution in [1.29, 1.82) is 0 Å². The Hall–Kier alpha value is 0.0900. The quantitative estimate of drug-likeness (QED) is 0.910. The summed E-state index contributed by atoms with van der Waals surface area (Å²) in [4.78, 5) is 2.30. The molecule has 0 bridgehead atoms. The molecule has 1 saturated heterocycles. The minimum Gasteiger partial charge on any atom is -0.311 e. The molecule has 2 rings (SSSR count). The maximum atomic E-state index is 12.2. The summed E-state index contributed by atoms with van der Waals surface area (Å²) >= 11 is 5.17. The Morgan fingerprint density at radius 3 is 2.72 bits per heavy atom. The Balaban J connectivity index is 2.33. The Morgan fingerprint density at radius 1 is 1.50 bits per heavy atom. The topological polar surface area (TPSA) is 46.2 Å². The number of hydrogen-bond acceptors (Lipinski definition) is 4. The molecule has 6 heteroatoms. The van der Waals surface area contributed by atoms with Crippen molar-refractivity contribution in [2.45, 2.75) is 37.5 Å². The van der Waals surface area contributed by atoms with Crippen molar-refractivity contribution >= 4 is 37.1 Å². The average molecular weight is 352 g/mol. The fraction of sp³-hybridized carbons (Fsp3) is 0.667. The van der Waals surface area contributed by atoms with Gasteiger partial charge >= 0.3 is 0 Å². The van der Waals surface area contributed by atoms with E-state index >= 15 is 0 Å². The summed E-state index contributed by atoms with van der Waals surface area (Å²) in [6.45, 7) is 2.04. The van der Waals surface area contributed by atoms with Gasteiger partial charge in [-0.3, -0.25) is 0 Å². The molecular formula is C12H18BrNO2S2. The minimum atomic E-state index is -2.96. The van der Waals surface area contributed by atoms with Crippen LogP contribution < -0.4 is 5.32 Å². The number of rotatable bonds is 3. The number of hydrogen-bond donors (Lipinski definition) is 1. The molecule has 1 aliphatic rings. The van der Waals surface area contributed by atoms with Crippen LogP contribution in [0, 0.1) is 6.92 Å². The molecule has 1 fully saturated rings. The van der Waals surface area contributed by atoms with Gasteiger partial charge in [-0.05, 0) is 48.8 Å². The number of aryl methyl sites for hydroxylation is 1. The van der Waals surface area contributed by atoms with Crippen molar-refractivity contribution in [3.63, 3.8) is 0 Å². The van der Waals surface area contributed by atoms with Crippen LogP contribution >= 0.6 is 27.3 Å². The van der Waals surface area contributed by atoms with E-state index in [4.69, 9.17) is 0 Å². The van der Waals surface area contributed by atoms with E-state index < -0.39 is 9.84 Å². The molecule has 0 amide bonds. The lowest BCUT2D eigenvalue weighted by Crippen LogP contribution is -2.39. The highest BCUT2D eigenvalue weighted by Gasteiger charge is 2.36. The molecule has 1 aliphatic heterocycles. The first-order chi connectivity index (χ1) is 8.45. The normalized spacial score (nSPS) is 24.9. The lowest BCUT2D eigenvalue weighted by molar-refractivity contribution is 0.473. The van der Waals surface area contributed by atoms with E-state index in [0.29, 0.717) is 5.75 Å². The van der Waals surface area contributed by atoms with Crippen LogP contribution in [0.5, 0.6) is 0 Å². The van der Waals surface area contributed by atoms with E-state index in [-0.39, 0.29) is 11.3 Å². The van der Waals surface area contributed by atoms with Gasteiger partial charge < -0.3 is 5.32 Å². The summed E-state index contributed by atoms with van der Waals surface area (Å²) in [6.07, 6.45) is 2.58.